The van der Waals surface area contributed by atoms with E-state index in [-0.39, 0.29) is 5.91 Å². The molecule has 0 spiro atoms. The molecule has 0 bridgehead atoms. The summed E-state index contributed by atoms with van der Waals surface area (Å²) in [6, 6.07) is 10.7. The summed E-state index contributed by atoms with van der Waals surface area (Å²) in [7, 11) is 0. The number of thiazole rings is 1. The largest absolute Gasteiger partial charge is 0.345 e. The molecule has 1 saturated heterocycles. The summed E-state index contributed by atoms with van der Waals surface area (Å²) in [5.41, 5.74) is 1.32. The van der Waals surface area contributed by atoms with E-state index in [0.29, 0.717) is 46.8 Å². The second-order valence-electron chi connectivity index (χ2n) is 5.99. The van der Waals surface area contributed by atoms with Gasteiger partial charge in [-0.05, 0) is 30.3 Å². The lowest BCUT2D eigenvalue weighted by Gasteiger charge is -2.34. The van der Waals surface area contributed by atoms with Crippen molar-refractivity contribution in [2.45, 2.75) is 0 Å². The Bertz CT molecular complexity index is 983. The van der Waals surface area contributed by atoms with Gasteiger partial charge in [0.1, 0.15) is 5.52 Å². The van der Waals surface area contributed by atoms with Crippen molar-refractivity contribution < 1.29 is 4.79 Å². The first kappa shape index (κ1) is 17.9. The highest BCUT2D eigenvalue weighted by molar-refractivity contribution is 7.22. The van der Waals surface area contributed by atoms with Crippen molar-refractivity contribution in [3.8, 4) is 0 Å². The summed E-state index contributed by atoms with van der Waals surface area (Å²) < 4.78 is 1.07. The molecular weight excluding hydrogens is 413 g/mol. The fourth-order valence-corrected chi connectivity index (χ4v) is 4.78. The maximum atomic E-state index is 12.7. The molecule has 4 rings (SSSR count). The Hall–Kier alpha value is -1.53. The summed E-state index contributed by atoms with van der Waals surface area (Å²) in [5.74, 6) is -0.0707. The van der Waals surface area contributed by atoms with E-state index in [4.69, 9.17) is 34.8 Å². The average molecular weight is 427 g/mol. The standard InChI is InChI=1S/C18H14Cl3N3OS/c19-11-4-5-12(14(21)10-11)17(25)23-6-8-24(9-7-23)18-22-16-13(20)2-1-3-15(16)26-18/h1-5,10H,6-9H2. The van der Waals surface area contributed by atoms with Crippen molar-refractivity contribution in [3.05, 3.63) is 57.0 Å². The molecule has 1 aliphatic rings. The number of amides is 1. The lowest BCUT2D eigenvalue weighted by atomic mass is 10.2. The van der Waals surface area contributed by atoms with Crippen LogP contribution < -0.4 is 4.90 Å². The van der Waals surface area contributed by atoms with Crippen molar-refractivity contribution in [1.29, 1.82) is 0 Å². The average Bonchev–Trinajstić information content (AvgIpc) is 3.07. The van der Waals surface area contributed by atoms with Gasteiger partial charge in [-0.2, -0.15) is 0 Å². The number of para-hydroxylation sites is 1. The first-order valence-corrected chi connectivity index (χ1v) is 10.0. The number of benzene rings is 2. The summed E-state index contributed by atoms with van der Waals surface area (Å²) in [4.78, 5) is 21.4. The fourth-order valence-electron chi connectivity index (χ4n) is 2.97. The van der Waals surface area contributed by atoms with Crippen LogP contribution in [0.3, 0.4) is 0 Å². The van der Waals surface area contributed by atoms with Gasteiger partial charge in [-0.3, -0.25) is 4.79 Å². The number of piperazine rings is 1. The maximum Gasteiger partial charge on any atom is 0.255 e. The Morgan fingerprint density at radius 3 is 2.46 bits per heavy atom. The zero-order valence-electron chi connectivity index (χ0n) is 13.6. The van der Waals surface area contributed by atoms with Gasteiger partial charge in [-0.15, -0.1) is 0 Å². The number of fused-ring (bicyclic) bond motifs is 1. The fraction of sp³-hybridized carbons (Fsp3) is 0.222. The summed E-state index contributed by atoms with van der Waals surface area (Å²) >= 11 is 19.9. The van der Waals surface area contributed by atoms with Crippen molar-refractivity contribution in [2.24, 2.45) is 0 Å². The van der Waals surface area contributed by atoms with Gasteiger partial charge in [-0.25, -0.2) is 4.98 Å². The molecule has 0 saturated carbocycles. The molecule has 1 aliphatic heterocycles. The summed E-state index contributed by atoms with van der Waals surface area (Å²) in [6.07, 6.45) is 0. The molecular formula is C18H14Cl3N3OS. The molecule has 1 amide bonds. The number of aromatic nitrogens is 1. The van der Waals surface area contributed by atoms with E-state index in [9.17, 15) is 4.79 Å². The van der Waals surface area contributed by atoms with E-state index in [0.717, 1.165) is 15.3 Å². The second-order valence-corrected chi connectivity index (χ2v) is 8.25. The van der Waals surface area contributed by atoms with Crippen molar-refractivity contribution in [1.82, 2.24) is 9.88 Å². The number of carbonyl (C=O) groups excluding carboxylic acids is 1. The molecule has 3 aromatic rings. The van der Waals surface area contributed by atoms with Gasteiger partial charge in [0, 0.05) is 31.2 Å². The smallest absolute Gasteiger partial charge is 0.255 e. The molecule has 0 unspecified atom stereocenters. The Morgan fingerprint density at radius 2 is 1.77 bits per heavy atom. The van der Waals surface area contributed by atoms with E-state index in [1.807, 2.05) is 23.1 Å². The van der Waals surface area contributed by atoms with Crippen LogP contribution in [0, 0.1) is 0 Å². The minimum absolute atomic E-state index is 0.0707. The molecule has 134 valence electrons. The highest BCUT2D eigenvalue weighted by atomic mass is 35.5. The van der Waals surface area contributed by atoms with E-state index < -0.39 is 0 Å². The number of anilines is 1. The van der Waals surface area contributed by atoms with Gasteiger partial charge in [-0.1, -0.05) is 52.2 Å². The third-order valence-corrected chi connectivity index (χ3v) is 6.29. The minimum Gasteiger partial charge on any atom is -0.345 e. The SMILES string of the molecule is O=C(c1ccc(Cl)cc1Cl)N1CCN(c2nc3c(Cl)cccc3s2)CC1. The number of rotatable bonds is 2. The Labute approximate surface area is 169 Å². The van der Waals surface area contributed by atoms with Crippen LogP contribution in [0.15, 0.2) is 36.4 Å². The van der Waals surface area contributed by atoms with Crippen LogP contribution in [-0.4, -0.2) is 42.0 Å². The highest BCUT2D eigenvalue weighted by Gasteiger charge is 2.25. The molecule has 2 heterocycles. The quantitative estimate of drug-likeness (QED) is 0.564. The normalized spacial score (nSPS) is 14.9. The molecule has 26 heavy (non-hydrogen) atoms. The summed E-state index contributed by atoms with van der Waals surface area (Å²) in [6.45, 7) is 2.66. The number of nitrogens with zero attached hydrogens (tertiary/aromatic N) is 3. The maximum absolute atomic E-state index is 12.7. The van der Waals surface area contributed by atoms with Crippen LogP contribution in [0.5, 0.6) is 0 Å². The first-order valence-electron chi connectivity index (χ1n) is 8.07. The van der Waals surface area contributed by atoms with Crippen LogP contribution in [0.1, 0.15) is 10.4 Å². The van der Waals surface area contributed by atoms with Gasteiger partial charge in [0.25, 0.3) is 5.91 Å². The molecule has 0 radical (unpaired) electrons. The van der Waals surface area contributed by atoms with E-state index in [1.165, 1.54) is 0 Å². The molecule has 4 nitrogen and oxygen atoms in total. The van der Waals surface area contributed by atoms with Crippen LogP contribution in [0.4, 0.5) is 5.13 Å². The number of halogens is 3. The van der Waals surface area contributed by atoms with E-state index in [1.54, 1.807) is 29.5 Å². The molecule has 1 fully saturated rings. The van der Waals surface area contributed by atoms with Crippen LogP contribution in [-0.2, 0) is 0 Å². The lowest BCUT2D eigenvalue weighted by molar-refractivity contribution is 0.0747. The van der Waals surface area contributed by atoms with Crippen molar-refractivity contribution in [2.75, 3.05) is 31.1 Å². The van der Waals surface area contributed by atoms with E-state index >= 15 is 0 Å². The molecule has 0 aliphatic carbocycles. The van der Waals surface area contributed by atoms with Crippen LogP contribution in [0.25, 0.3) is 10.2 Å². The molecule has 0 atom stereocenters. The van der Waals surface area contributed by atoms with Gasteiger partial charge < -0.3 is 9.80 Å². The van der Waals surface area contributed by atoms with Gasteiger partial charge in [0.15, 0.2) is 5.13 Å². The molecule has 8 heteroatoms. The minimum atomic E-state index is -0.0707. The number of carbonyl (C=O) groups is 1. The third-order valence-electron chi connectivity index (χ3n) is 4.36. The molecule has 1 aromatic heterocycles. The predicted octanol–water partition coefficient (Wildman–Crippen LogP) is 5.22. The molecule has 0 N–H and O–H groups in total. The summed E-state index contributed by atoms with van der Waals surface area (Å²) in [5, 5.41) is 2.50. The van der Waals surface area contributed by atoms with E-state index in [2.05, 4.69) is 9.88 Å². The Morgan fingerprint density at radius 1 is 1.00 bits per heavy atom. The zero-order chi connectivity index (χ0) is 18.3. The molecule has 2 aromatic carbocycles. The van der Waals surface area contributed by atoms with Gasteiger partial charge in [0.2, 0.25) is 0 Å². The topological polar surface area (TPSA) is 36.4 Å². The highest BCUT2D eigenvalue weighted by Crippen LogP contribution is 2.33. The number of hydrogen-bond acceptors (Lipinski definition) is 4. The zero-order valence-corrected chi connectivity index (χ0v) is 16.7. The van der Waals surface area contributed by atoms with Crippen LogP contribution >= 0.6 is 46.1 Å². The third kappa shape index (κ3) is 3.37. The first-order chi connectivity index (χ1) is 12.5. The van der Waals surface area contributed by atoms with Gasteiger partial charge in [0.05, 0.1) is 20.3 Å². The van der Waals surface area contributed by atoms with Gasteiger partial charge >= 0.3 is 0 Å². The second kappa shape index (κ2) is 7.24. The van der Waals surface area contributed by atoms with Crippen molar-refractivity contribution >= 4 is 67.4 Å². The Balaban J connectivity index is 1.48. The number of hydrogen-bond donors (Lipinski definition) is 0. The van der Waals surface area contributed by atoms with Crippen LogP contribution in [0.2, 0.25) is 15.1 Å². The van der Waals surface area contributed by atoms with Crippen molar-refractivity contribution in [3.63, 3.8) is 0 Å². The lowest BCUT2D eigenvalue weighted by Crippen LogP contribution is -2.48. The predicted molar refractivity (Wildman–Crippen MR) is 109 cm³/mol. The Kier molecular flexibility index (Phi) is 4.97. The monoisotopic (exact) mass is 425 g/mol.